The summed E-state index contributed by atoms with van der Waals surface area (Å²) in [5, 5.41) is 4.15. The molecule has 3 aromatic rings. The number of nitrogens with zero attached hydrogens (tertiary/aromatic N) is 4. The van der Waals surface area contributed by atoms with Crippen molar-refractivity contribution in [3.63, 3.8) is 0 Å². The minimum absolute atomic E-state index is 0.00686. The van der Waals surface area contributed by atoms with E-state index < -0.39 is 0 Å². The molecule has 4 heterocycles. The predicted molar refractivity (Wildman–Crippen MR) is 134 cm³/mol. The predicted octanol–water partition coefficient (Wildman–Crippen LogP) is 3.54. The van der Waals surface area contributed by atoms with Crippen LogP contribution in [0.2, 0.25) is 0 Å². The van der Waals surface area contributed by atoms with Gasteiger partial charge in [0.25, 0.3) is 5.91 Å². The van der Waals surface area contributed by atoms with Gasteiger partial charge in [0, 0.05) is 26.2 Å². The van der Waals surface area contributed by atoms with Gasteiger partial charge in [-0.05, 0) is 62.7 Å². The summed E-state index contributed by atoms with van der Waals surface area (Å²) in [7, 11) is 0. The van der Waals surface area contributed by atoms with Crippen molar-refractivity contribution in [1.29, 1.82) is 0 Å². The fourth-order valence-electron chi connectivity index (χ4n) is 4.59. The molecule has 1 aromatic carbocycles. The second-order valence-electron chi connectivity index (χ2n) is 8.73. The molecule has 1 saturated heterocycles. The van der Waals surface area contributed by atoms with Crippen molar-refractivity contribution in [2.45, 2.75) is 24.3 Å². The molecule has 0 spiro atoms. The maximum atomic E-state index is 12.7. The van der Waals surface area contributed by atoms with Crippen LogP contribution in [-0.4, -0.2) is 70.9 Å². The van der Waals surface area contributed by atoms with Crippen LogP contribution >= 0.6 is 11.8 Å². The fourth-order valence-corrected chi connectivity index (χ4v) is 5.60. The van der Waals surface area contributed by atoms with Crippen LogP contribution in [0.4, 0.5) is 0 Å². The first-order valence-corrected chi connectivity index (χ1v) is 12.7. The van der Waals surface area contributed by atoms with E-state index in [1.807, 2.05) is 30.5 Å². The van der Waals surface area contributed by atoms with Crippen molar-refractivity contribution >= 4 is 29.4 Å². The molecule has 33 heavy (non-hydrogen) atoms. The zero-order chi connectivity index (χ0) is 22.5. The average molecular weight is 462 g/mol. The lowest BCUT2D eigenvalue weighted by Gasteiger charge is -2.22. The van der Waals surface area contributed by atoms with Crippen LogP contribution in [0, 0.1) is 0 Å². The molecule has 6 nitrogen and oxygen atoms in total. The molecule has 1 fully saturated rings. The first-order chi connectivity index (χ1) is 16.3. The van der Waals surface area contributed by atoms with E-state index in [2.05, 4.69) is 54.8 Å². The normalized spacial score (nSPS) is 17.0. The second kappa shape index (κ2) is 10.5. The highest BCUT2D eigenvalue weighted by Crippen LogP contribution is 2.34. The second-order valence-corrected chi connectivity index (χ2v) is 9.80. The van der Waals surface area contributed by atoms with Crippen molar-refractivity contribution in [3.05, 3.63) is 70.9 Å². The summed E-state index contributed by atoms with van der Waals surface area (Å²) in [6.45, 7) is 7.42. The van der Waals surface area contributed by atoms with Crippen LogP contribution in [0.1, 0.15) is 24.1 Å². The Morgan fingerprint density at radius 2 is 1.79 bits per heavy atom. The highest BCUT2D eigenvalue weighted by atomic mass is 32.2. The monoisotopic (exact) mass is 461 g/mol. The van der Waals surface area contributed by atoms with E-state index in [9.17, 15) is 4.79 Å². The number of nitrogens with one attached hydrogen (secondary N) is 1. The average Bonchev–Trinajstić information content (AvgIpc) is 3.13. The molecule has 5 rings (SSSR count). The van der Waals surface area contributed by atoms with Crippen LogP contribution in [-0.2, 0) is 11.2 Å². The minimum Gasteiger partial charge on any atom is -0.352 e. The van der Waals surface area contributed by atoms with Crippen molar-refractivity contribution < 1.29 is 4.79 Å². The van der Waals surface area contributed by atoms with Gasteiger partial charge in [0.15, 0.2) is 0 Å². The Bertz CT molecular complexity index is 1130. The first-order valence-electron chi connectivity index (χ1n) is 11.9. The highest BCUT2D eigenvalue weighted by molar-refractivity contribution is 8.04. The number of carbonyl (C=O) groups is 1. The van der Waals surface area contributed by atoms with Crippen molar-refractivity contribution in [2.75, 3.05) is 45.8 Å². The Labute approximate surface area is 199 Å². The van der Waals surface area contributed by atoms with Gasteiger partial charge in [0.2, 0.25) is 0 Å². The standard InChI is InChI=1S/C26H31N5OS/c32-26(23-19-22-20-28-24-9-4-10-25(33-23)31(22)24)27-12-5-13-29-14-6-15-30(18-17-29)16-11-21-7-2-1-3-8-21/h1-4,7-10,19-20H,5-6,11-18H2,(H,27,32). The number of imidazole rings is 1. The van der Waals surface area contributed by atoms with Crippen LogP contribution in [0.5, 0.6) is 0 Å². The maximum absolute atomic E-state index is 12.7. The number of hydrogen-bond donors (Lipinski definition) is 1. The smallest absolute Gasteiger partial charge is 0.258 e. The first kappa shape index (κ1) is 22.2. The number of benzene rings is 1. The lowest BCUT2D eigenvalue weighted by molar-refractivity contribution is -0.116. The van der Waals surface area contributed by atoms with Gasteiger partial charge in [-0.3, -0.25) is 9.20 Å². The van der Waals surface area contributed by atoms with Gasteiger partial charge in [-0.15, -0.1) is 0 Å². The minimum atomic E-state index is 0.00686. The molecule has 0 atom stereocenters. The van der Waals surface area contributed by atoms with Crippen LogP contribution in [0.25, 0.3) is 11.7 Å². The summed E-state index contributed by atoms with van der Waals surface area (Å²) in [5.74, 6) is 0.00686. The number of thioether (sulfide) groups is 1. The van der Waals surface area contributed by atoms with E-state index >= 15 is 0 Å². The van der Waals surface area contributed by atoms with Gasteiger partial charge in [0.05, 0.1) is 21.8 Å². The van der Waals surface area contributed by atoms with Gasteiger partial charge in [0.1, 0.15) is 5.65 Å². The van der Waals surface area contributed by atoms with Crippen molar-refractivity contribution in [1.82, 2.24) is 24.5 Å². The van der Waals surface area contributed by atoms with Gasteiger partial charge >= 0.3 is 0 Å². The number of rotatable bonds is 8. The zero-order valence-electron chi connectivity index (χ0n) is 18.9. The largest absolute Gasteiger partial charge is 0.352 e. The number of hydrogen-bond acceptors (Lipinski definition) is 5. The van der Waals surface area contributed by atoms with Gasteiger partial charge in [-0.1, -0.05) is 48.2 Å². The summed E-state index contributed by atoms with van der Waals surface area (Å²) in [6.07, 6.45) is 7.07. The Balaban J connectivity index is 1.03. The molecular weight excluding hydrogens is 430 g/mol. The van der Waals surface area contributed by atoms with Crippen molar-refractivity contribution in [3.8, 4) is 0 Å². The third-order valence-electron chi connectivity index (χ3n) is 6.42. The van der Waals surface area contributed by atoms with E-state index in [0.29, 0.717) is 6.54 Å². The van der Waals surface area contributed by atoms with Gasteiger partial charge < -0.3 is 15.1 Å². The molecule has 0 unspecified atom stereocenters. The third kappa shape index (κ3) is 5.49. The Morgan fingerprint density at radius 3 is 2.64 bits per heavy atom. The van der Waals surface area contributed by atoms with E-state index in [1.165, 1.54) is 30.3 Å². The molecule has 2 aromatic heterocycles. The molecule has 0 bridgehead atoms. The van der Waals surface area contributed by atoms with Crippen LogP contribution in [0.3, 0.4) is 0 Å². The Kier molecular flexibility index (Phi) is 7.09. The number of aromatic nitrogens is 2. The molecule has 0 saturated carbocycles. The zero-order valence-corrected chi connectivity index (χ0v) is 19.8. The SMILES string of the molecule is O=C(NCCCN1CCCN(CCc2ccccc2)CC1)C1=Cc2cnc3cccc(n23)S1. The topological polar surface area (TPSA) is 52.9 Å². The number of carbonyl (C=O) groups excluding carboxylic acids is 1. The fraction of sp³-hybridized carbons (Fsp3) is 0.385. The molecule has 0 aliphatic carbocycles. The van der Waals surface area contributed by atoms with E-state index in [0.717, 1.165) is 66.8 Å². The molecule has 1 amide bonds. The summed E-state index contributed by atoms with van der Waals surface area (Å²) in [4.78, 5) is 23.0. The van der Waals surface area contributed by atoms with Gasteiger partial charge in [-0.2, -0.15) is 0 Å². The molecule has 1 N–H and O–H groups in total. The Morgan fingerprint density at radius 1 is 0.970 bits per heavy atom. The summed E-state index contributed by atoms with van der Waals surface area (Å²) in [6, 6.07) is 16.8. The third-order valence-corrected chi connectivity index (χ3v) is 7.47. The molecule has 7 heteroatoms. The molecule has 172 valence electrons. The molecular formula is C26H31N5OS. The molecule has 0 radical (unpaired) electrons. The number of pyridine rings is 1. The summed E-state index contributed by atoms with van der Waals surface area (Å²) >= 11 is 1.51. The summed E-state index contributed by atoms with van der Waals surface area (Å²) in [5.41, 5.74) is 3.30. The van der Waals surface area contributed by atoms with E-state index in [1.54, 1.807) is 0 Å². The molecule has 2 aliphatic heterocycles. The lowest BCUT2D eigenvalue weighted by atomic mass is 10.1. The highest BCUT2D eigenvalue weighted by Gasteiger charge is 2.20. The van der Waals surface area contributed by atoms with Crippen LogP contribution in [0.15, 0.2) is 64.7 Å². The summed E-state index contributed by atoms with van der Waals surface area (Å²) < 4.78 is 2.09. The molecule has 2 aliphatic rings. The quantitative estimate of drug-likeness (QED) is 0.520. The van der Waals surface area contributed by atoms with E-state index in [-0.39, 0.29) is 5.91 Å². The lowest BCUT2D eigenvalue weighted by Crippen LogP contribution is -2.34. The van der Waals surface area contributed by atoms with Crippen LogP contribution < -0.4 is 5.32 Å². The van der Waals surface area contributed by atoms with Gasteiger partial charge in [-0.25, -0.2) is 4.98 Å². The van der Waals surface area contributed by atoms with Crippen molar-refractivity contribution in [2.24, 2.45) is 0 Å². The Hall–Kier alpha value is -2.61. The van der Waals surface area contributed by atoms with E-state index in [4.69, 9.17) is 0 Å². The maximum Gasteiger partial charge on any atom is 0.258 e. The number of amides is 1.